The lowest BCUT2D eigenvalue weighted by atomic mass is 10.2. The summed E-state index contributed by atoms with van der Waals surface area (Å²) in [4.78, 5) is 25.0. The second-order valence-electron chi connectivity index (χ2n) is 5.19. The number of nitrogens with one attached hydrogen (secondary N) is 1. The van der Waals surface area contributed by atoms with Crippen LogP contribution in [-0.2, 0) is 0 Å². The topological polar surface area (TPSA) is 82.8 Å². The highest BCUT2D eigenvalue weighted by Gasteiger charge is 2.35. The molecule has 0 aromatic carbocycles. The number of aromatic carboxylic acids is 1. The van der Waals surface area contributed by atoms with Crippen molar-refractivity contribution in [2.45, 2.75) is 31.3 Å². The molecule has 2 heterocycles. The fourth-order valence-electron chi connectivity index (χ4n) is 2.50. The van der Waals surface area contributed by atoms with E-state index in [1.807, 2.05) is 0 Å². The van der Waals surface area contributed by atoms with Gasteiger partial charge in [0.1, 0.15) is 6.26 Å². The van der Waals surface area contributed by atoms with Crippen LogP contribution in [0.4, 0.5) is 0 Å². The number of hydrogen-bond acceptors (Lipinski definition) is 4. The number of likely N-dealkylation sites (tertiary alicyclic amines) is 1. The zero-order valence-electron chi connectivity index (χ0n) is 10.5. The quantitative estimate of drug-likeness (QED) is 0.845. The minimum atomic E-state index is -1.09. The highest BCUT2D eigenvalue weighted by Crippen LogP contribution is 2.29. The highest BCUT2D eigenvalue weighted by atomic mass is 16.4. The molecule has 0 radical (unpaired) electrons. The Hall–Kier alpha value is -1.82. The van der Waals surface area contributed by atoms with Crippen molar-refractivity contribution in [2.75, 3.05) is 13.1 Å². The van der Waals surface area contributed by atoms with Crippen molar-refractivity contribution in [2.24, 2.45) is 0 Å². The molecule has 1 aromatic rings. The molecule has 0 bridgehead atoms. The molecule has 2 N–H and O–H groups in total. The van der Waals surface area contributed by atoms with Gasteiger partial charge in [0.15, 0.2) is 5.76 Å². The Labute approximate surface area is 110 Å². The Morgan fingerprint density at radius 1 is 1.37 bits per heavy atom. The maximum atomic E-state index is 11.9. The number of carboxylic acid groups (broad SMARTS) is 1. The Balaban J connectivity index is 1.57. The van der Waals surface area contributed by atoms with E-state index in [2.05, 4.69) is 10.2 Å². The van der Waals surface area contributed by atoms with Gasteiger partial charge >= 0.3 is 5.97 Å². The highest BCUT2D eigenvalue weighted by molar-refractivity contribution is 5.95. The van der Waals surface area contributed by atoms with E-state index in [4.69, 9.17) is 9.52 Å². The average molecular weight is 264 g/mol. The number of nitrogens with zero attached hydrogens (tertiary/aromatic N) is 1. The monoisotopic (exact) mass is 264 g/mol. The molecule has 1 aliphatic carbocycles. The smallest absolute Gasteiger partial charge is 0.338 e. The van der Waals surface area contributed by atoms with Gasteiger partial charge in [0.05, 0.1) is 5.56 Å². The van der Waals surface area contributed by atoms with Crippen LogP contribution in [0.5, 0.6) is 0 Å². The fraction of sp³-hybridized carbons (Fsp3) is 0.538. The zero-order valence-corrected chi connectivity index (χ0v) is 10.5. The predicted molar refractivity (Wildman–Crippen MR) is 66.1 cm³/mol. The van der Waals surface area contributed by atoms with Crippen LogP contribution in [0.15, 0.2) is 16.7 Å². The van der Waals surface area contributed by atoms with Gasteiger partial charge in [0.2, 0.25) is 0 Å². The summed E-state index contributed by atoms with van der Waals surface area (Å²) in [6, 6.07) is 2.10. The van der Waals surface area contributed by atoms with Crippen molar-refractivity contribution in [3.05, 3.63) is 23.7 Å². The van der Waals surface area contributed by atoms with Gasteiger partial charge in [-0.1, -0.05) is 0 Å². The molecule has 1 amide bonds. The predicted octanol–water partition coefficient (Wildman–Crippen LogP) is 0.944. The van der Waals surface area contributed by atoms with Gasteiger partial charge in [-0.05, 0) is 19.3 Å². The molecule has 6 heteroatoms. The molecule has 1 atom stereocenters. The van der Waals surface area contributed by atoms with Gasteiger partial charge in [-0.2, -0.15) is 0 Å². The van der Waals surface area contributed by atoms with Crippen LogP contribution in [0.3, 0.4) is 0 Å². The molecule has 1 saturated carbocycles. The van der Waals surface area contributed by atoms with Crippen LogP contribution in [-0.4, -0.2) is 47.1 Å². The lowest BCUT2D eigenvalue weighted by Crippen LogP contribution is -2.37. The summed E-state index contributed by atoms with van der Waals surface area (Å²) in [6.07, 6.45) is 4.55. The third-order valence-electron chi connectivity index (χ3n) is 3.69. The molecule has 2 fully saturated rings. The number of furan rings is 1. The number of carbonyl (C=O) groups excluding carboxylic acids is 1. The summed E-state index contributed by atoms with van der Waals surface area (Å²) in [6.45, 7) is 1.90. The minimum Gasteiger partial charge on any atom is -0.478 e. The fourth-order valence-corrected chi connectivity index (χ4v) is 2.50. The Bertz CT molecular complexity index is 506. The summed E-state index contributed by atoms with van der Waals surface area (Å²) in [5, 5.41) is 11.7. The second kappa shape index (κ2) is 4.70. The van der Waals surface area contributed by atoms with Crippen molar-refractivity contribution >= 4 is 11.9 Å². The van der Waals surface area contributed by atoms with E-state index in [0.717, 1.165) is 25.8 Å². The maximum Gasteiger partial charge on any atom is 0.338 e. The minimum absolute atomic E-state index is 0.00354. The third-order valence-corrected chi connectivity index (χ3v) is 3.69. The SMILES string of the molecule is O=C(O)c1coc(C(=O)NC2CCN(C3CC3)C2)c1. The largest absolute Gasteiger partial charge is 0.478 e. The molecule has 2 aliphatic rings. The second-order valence-corrected chi connectivity index (χ2v) is 5.19. The normalized spacial score (nSPS) is 23.5. The first-order valence-corrected chi connectivity index (χ1v) is 6.50. The lowest BCUT2D eigenvalue weighted by Gasteiger charge is -2.15. The van der Waals surface area contributed by atoms with Crippen LogP contribution < -0.4 is 5.32 Å². The van der Waals surface area contributed by atoms with Crippen LogP contribution in [0.25, 0.3) is 0 Å². The van der Waals surface area contributed by atoms with Gasteiger partial charge in [0.25, 0.3) is 5.91 Å². The number of rotatable bonds is 4. The van der Waals surface area contributed by atoms with E-state index in [-0.39, 0.29) is 23.3 Å². The number of carboxylic acids is 1. The lowest BCUT2D eigenvalue weighted by molar-refractivity contribution is 0.0695. The van der Waals surface area contributed by atoms with Crippen molar-refractivity contribution in [3.8, 4) is 0 Å². The molecule has 1 unspecified atom stereocenters. The van der Waals surface area contributed by atoms with Crippen molar-refractivity contribution < 1.29 is 19.1 Å². The molecule has 6 nitrogen and oxygen atoms in total. The molecule has 102 valence electrons. The van der Waals surface area contributed by atoms with Crippen LogP contribution in [0, 0.1) is 0 Å². The summed E-state index contributed by atoms with van der Waals surface area (Å²) in [5.41, 5.74) is -0.00354. The maximum absolute atomic E-state index is 11.9. The third kappa shape index (κ3) is 2.63. The summed E-state index contributed by atoms with van der Waals surface area (Å²) < 4.78 is 4.98. The summed E-state index contributed by atoms with van der Waals surface area (Å²) >= 11 is 0. The van der Waals surface area contributed by atoms with Crippen molar-refractivity contribution in [1.82, 2.24) is 10.2 Å². The molecule has 1 aliphatic heterocycles. The number of carbonyl (C=O) groups is 2. The van der Waals surface area contributed by atoms with Gasteiger partial charge in [-0.3, -0.25) is 9.69 Å². The molecular formula is C13H16N2O4. The van der Waals surface area contributed by atoms with E-state index in [0.29, 0.717) is 6.04 Å². The first-order chi connectivity index (χ1) is 9.13. The Kier molecular flexibility index (Phi) is 3.02. The van der Waals surface area contributed by atoms with Crippen molar-refractivity contribution in [1.29, 1.82) is 0 Å². The van der Waals surface area contributed by atoms with Crippen LogP contribution in [0.1, 0.15) is 40.2 Å². The zero-order chi connectivity index (χ0) is 13.4. The molecule has 0 spiro atoms. The van der Waals surface area contributed by atoms with Crippen LogP contribution in [0.2, 0.25) is 0 Å². The Morgan fingerprint density at radius 2 is 2.16 bits per heavy atom. The summed E-state index contributed by atoms with van der Waals surface area (Å²) in [5.74, 6) is -1.37. The van der Waals surface area contributed by atoms with E-state index in [9.17, 15) is 9.59 Å². The van der Waals surface area contributed by atoms with E-state index >= 15 is 0 Å². The molecular weight excluding hydrogens is 248 g/mol. The van der Waals surface area contributed by atoms with Gasteiger partial charge in [0, 0.05) is 31.2 Å². The van der Waals surface area contributed by atoms with Crippen LogP contribution >= 0.6 is 0 Å². The average Bonchev–Trinajstić information content (AvgIpc) is 2.92. The molecule has 1 saturated heterocycles. The first-order valence-electron chi connectivity index (χ1n) is 6.50. The van der Waals surface area contributed by atoms with Gasteiger partial charge in [-0.15, -0.1) is 0 Å². The van der Waals surface area contributed by atoms with E-state index in [1.54, 1.807) is 0 Å². The van der Waals surface area contributed by atoms with E-state index < -0.39 is 5.97 Å². The number of hydrogen-bond donors (Lipinski definition) is 2. The summed E-state index contributed by atoms with van der Waals surface area (Å²) in [7, 11) is 0. The van der Waals surface area contributed by atoms with E-state index in [1.165, 1.54) is 18.9 Å². The first kappa shape index (κ1) is 12.2. The molecule has 19 heavy (non-hydrogen) atoms. The van der Waals surface area contributed by atoms with Gasteiger partial charge in [-0.25, -0.2) is 4.79 Å². The van der Waals surface area contributed by atoms with Crippen molar-refractivity contribution in [3.63, 3.8) is 0 Å². The van der Waals surface area contributed by atoms with Gasteiger partial charge < -0.3 is 14.8 Å². The standard InChI is InChI=1S/C13H16N2O4/c16-12(11-5-8(7-19-11)13(17)18)14-9-3-4-15(6-9)10-1-2-10/h5,7,9-10H,1-4,6H2,(H,14,16)(H,17,18). The molecule has 3 rings (SSSR count). The molecule has 1 aromatic heterocycles. The Morgan fingerprint density at radius 3 is 2.79 bits per heavy atom. The number of amides is 1.